The van der Waals surface area contributed by atoms with Crippen LogP contribution in [0.4, 0.5) is 10.5 Å². The standard InChI is InChI=1S/C24H27N5O2S/c1-17-7-9-19(10-8-17)28-24(31)26-14-18-5-4-12-29(15-18)22(30)13-20-16-32-23(27-20)21-6-2-3-11-25-21/h2-3,6-11,16,18H,4-5,12-15H2,1H3,(H2,26,28,31). The van der Waals surface area contributed by atoms with E-state index >= 15 is 0 Å². The molecule has 1 fully saturated rings. The SMILES string of the molecule is Cc1ccc(NC(=O)NCC2CCCN(C(=O)Cc3csc(-c4ccccn4)n3)C2)cc1. The molecule has 0 spiro atoms. The number of carbonyl (C=O) groups excluding carboxylic acids is 2. The number of nitrogens with one attached hydrogen (secondary N) is 2. The molecule has 0 aliphatic carbocycles. The molecule has 1 saturated heterocycles. The molecule has 1 aliphatic heterocycles. The molecule has 1 aromatic carbocycles. The molecule has 3 aromatic rings. The molecule has 166 valence electrons. The van der Waals surface area contributed by atoms with E-state index in [0.29, 0.717) is 13.1 Å². The lowest BCUT2D eigenvalue weighted by molar-refractivity contribution is -0.132. The van der Waals surface area contributed by atoms with Crippen LogP contribution in [0.25, 0.3) is 10.7 Å². The number of amides is 3. The lowest BCUT2D eigenvalue weighted by Crippen LogP contribution is -2.44. The molecular formula is C24H27N5O2S. The number of benzene rings is 1. The zero-order valence-electron chi connectivity index (χ0n) is 18.1. The van der Waals surface area contributed by atoms with E-state index in [1.165, 1.54) is 11.3 Å². The molecule has 32 heavy (non-hydrogen) atoms. The van der Waals surface area contributed by atoms with Gasteiger partial charge in [0.2, 0.25) is 5.91 Å². The summed E-state index contributed by atoms with van der Waals surface area (Å²) in [4.78, 5) is 35.8. The predicted octanol–water partition coefficient (Wildman–Crippen LogP) is 4.12. The quantitative estimate of drug-likeness (QED) is 0.593. The molecule has 3 amide bonds. The Labute approximate surface area is 191 Å². The van der Waals surface area contributed by atoms with E-state index in [-0.39, 0.29) is 24.3 Å². The largest absolute Gasteiger partial charge is 0.342 e. The zero-order chi connectivity index (χ0) is 22.3. The minimum absolute atomic E-state index is 0.0803. The summed E-state index contributed by atoms with van der Waals surface area (Å²) in [7, 11) is 0. The third-order valence-corrected chi connectivity index (χ3v) is 6.41. The Morgan fingerprint density at radius 2 is 2.03 bits per heavy atom. The average Bonchev–Trinajstić information content (AvgIpc) is 3.28. The number of pyridine rings is 1. The fraction of sp³-hybridized carbons (Fsp3) is 0.333. The minimum atomic E-state index is -0.221. The first kappa shape index (κ1) is 22.0. The Morgan fingerprint density at radius 1 is 1.19 bits per heavy atom. The number of aromatic nitrogens is 2. The average molecular weight is 450 g/mol. The first-order valence-electron chi connectivity index (χ1n) is 10.8. The van der Waals surface area contributed by atoms with Crippen molar-refractivity contribution in [1.82, 2.24) is 20.2 Å². The summed E-state index contributed by atoms with van der Waals surface area (Å²) < 4.78 is 0. The molecule has 1 atom stereocenters. The summed E-state index contributed by atoms with van der Waals surface area (Å²) in [5.41, 5.74) is 3.51. The van der Waals surface area contributed by atoms with Gasteiger partial charge in [0.25, 0.3) is 0 Å². The van der Waals surface area contributed by atoms with Gasteiger partial charge >= 0.3 is 6.03 Å². The van der Waals surface area contributed by atoms with Crippen LogP contribution in [0.3, 0.4) is 0 Å². The van der Waals surface area contributed by atoms with Gasteiger partial charge in [0.05, 0.1) is 17.8 Å². The van der Waals surface area contributed by atoms with Gasteiger partial charge in [-0.2, -0.15) is 0 Å². The van der Waals surface area contributed by atoms with Crippen LogP contribution in [0.2, 0.25) is 0 Å². The topological polar surface area (TPSA) is 87.2 Å². The van der Waals surface area contributed by atoms with Gasteiger partial charge in [0.1, 0.15) is 5.01 Å². The van der Waals surface area contributed by atoms with Crippen molar-refractivity contribution >= 4 is 29.0 Å². The van der Waals surface area contributed by atoms with E-state index in [4.69, 9.17) is 0 Å². The smallest absolute Gasteiger partial charge is 0.319 e. The maximum absolute atomic E-state index is 12.8. The first-order valence-corrected chi connectivity index (χ1v) is 11.7. The van der Waals surface area contributed by atoms with Crippen molar-refractivity contribution in [2.24, 2.45) is 5.92 Å². The van der Waals surface area contributed by atoms with E-state index < -0.39 is 0 Å². The Hall–Kier alpha value is -3.26. The number of likely N-dealkylation sites (tertiary alicyclic amines) is 1. The zero-order valence-corrected chi connectivity index (χ0v) is 18.9. The fourth-order valence-electron chi connectivity index (χ4n) is 3.77. The van der Waals surface area contributed by atoms with Crippen LogP contribution in [0.1, 0.15) is 24.1 Å². The summed E-state index contributed by atoms with van der Waals surface area (Å²) in [5, 5.41) is 8.55. The van der Waals surface area contributed by atoms with E-state index in [1.54, 1.807) is 6.20 Å². The van der Waals surface area contributed by atoms with Crippen LogP contribution in [0.5, 0.6) is 0 Å². The molecule has 4 rings (SSSR count). The van der Waals surface area contributed by atoms with Crippen LogP contribution in [0, 0.1) is 12.8 Å². The molecule has 3 heterocycles. The monoisotopic (exact) mass is 449 g/mol. The Balaban J connectivity index is 1.25. The Morgan fingerprint density at radius 3 is 2.81 bits per heavy atom. The highest BCUT2D eigenvalue weighted by Crippen LogP contribution is 2.23. The maximum atomic E-state index is 12.8. The van der Waals surface area contributed by atoms with Gasteiger partial charge in [-0.1, -0.05) is 23.8 Å². The van der Waals surface area contributed by atoms with Crippen molar-refractivity contribution < 1.29 is 9.59 Å². The van der Waals surface area contributed by atoms with Gasteiger partial charge in [0.15, 0.2) is 0 Å². The van der Waals surface area contributed by atoms with E-state index in [9.17, 15) is 9.59 Å². The third kappa shape index (κ3) is 5.91. The lowest BCUT2D eigenvalue weighted by atomic mass is 9.97. The van der Waals surface area contributed by atoms with E-state index in [1.807, 2.05) is 59.7 Å². The van der Waals surface area contributed by atoms with Crippen molar-refractivity contribution in [3.8, 4) is 10.7 Å². The molecule has 1 aliphatic rings. The summed E-state index contributed by atoms with van der Waals surface area (Å²) in [5.74, 6) is 0.327. The van der Waals surface area contributed by atoms with Gasteiger partial charge in [-0.15, -0.1) is 11.3 Å². The van der Waals surface area contributed by atoms with Crippen LogP contribution in [0.15, 0.2) is 54.0 Å². The van der Waals surface area contributed by atoms with Crippen molar-refractivity contribution in [3.63, 3.8) is 0 Å². The molecule has 2 aromatic heterocycles. The number of aryl methyl sites for hydroxylation is 1. The number of hydrogen-bond acceptors (Lipinski definition) is 5. The Kier molecular flexibility index (Phi) is 7.11. The van der Waals surface area contributed by atoms with Crippen molar-refractivity contribution in [3.05, 3.63) is 65.3 Å². The van der Waals surface area contributed by atoms with Crippen molar-refractivity contribution in [2.75, 3.05) is 25.0 Å². The highest BCUT2D eigenvalue weighted by atomic mass is 32.1. The number of urea groups is 1. The van der Waals surface area contributed by atoms with Gasteiger partial charge in [-0.3, -0.25) is 9.78 Å². The highest BCUT2D eigenvalue weighted by molar-refractivity contribution is 7.13. The molecule has 0 bridgehead atoms. The van der Waals surface area contributed by atoms with Crippen LogP contribution >= 0.6 is 11.3 Å². The Bertz CT molecular complexity index is 1050. The number of anilines is 1. The summed E-state index contributed by atoms with van der Waals surface area (Å²) in [6, 6.07) is 13.2. The number of rotatable bonds is 6. The summed E-state index contributed by atoms with van der Waals surface area (Å²) in [6.07, 6.45) is 3.96. The maximum Gasteiger partial charge on any atom is 0.319 e. The molecule has 8 heteroatoms. The third-order valence-electron chi connectivity index (χ3n) is 5.50. The second kappa shape index (κ2) is 10.4. The number of nitrogens with zero attached hydrogens (tertiary/aromatic N) is 3. The number of carbonyl (C=O) groups is 2. The van der Waals surface area contributed by atoms with Gasteiger partial charge in [-0.25, -0.2) is 9.78 Å². The summed E-state index contributed by atoms with van der Waals surface area (Å²) in [6.45, 7) is 3.96. The van der Waals surface area contributed by atoms with Crippen molar-refractivity contribution in [2.45, 2.75) is 26.2 Å². The molecule has 2 N–H and O–H groups in total. The van der Waals surface area contributed by atoms with E-state index in [0.717, 1.165) is 47.0 Å². The highest BCUT2D eigenvalue weighted by Gasteiger charge is 2.24. The lowest BCUT2D eigenvalue weighted by Gasteiger charge is -2.32. The fourth-order valence-corrected chi connectivity index (χ4v) is 4.56. The second-order valence-electron chi connectivity index (χ2n) is 8.08. The predicted molar refractivity (Wildman–Crippen MR) is 127 cm³/mol. The number of hydrogen-bond donors (Lipinski definition) is 2. The first-order chi connectivity index (χ1) is 15.6. The normalized spacial score (nSPS) is 15.9. The molecule has 0 radical (unpaired) electrons. The van der Waals surface area contributed by atoms with Gasteiger partial charge in [-0.05, 0) is 49.9 Å². The molecule has 0 saturated carbocycles. The van der Waals surface area contributed by atoms with Crippen LogP contribution in [-0.4, -0.2) is 46.4 Å². The molecule has 7 nitrogen and oxygen atoms in total. The summed E-state index contributed by atoms with van der Waals surface area (Å²) >= 11 is 1.51. The van der Waals surface area contributed by atoms with Crippen molar-refractivity contribution in [1.29, 1.82) is 0 Å². The number of thiazole rings is 1. The molecular weight excluding hydrogens is 422 g/mol. The molecule has 1 unspecified atom stereocenters. The second-order valence-corrected chi connectivity index (χ2v) is 8.94. The van der Waals surface area contributed by atoms with Crippen LogP contribution < -0.4 is 10.6 Å². The van der Waals surface area contributed by atoms with Gasteiger partial charge in [0, 0.05) is 36.9 Å². The number of piperidine rings is 1. The minimum Gasteiger partial charge on any atom is -0.342 e. The van der Waals surface area contributed by atoms with Gasteiger partial charge < -0.3 is 15.5 Å². The van der Waals surface area contributed by atoms with E-state index in [2.05, 4.69) is 20.6 Å². The van der Waals surface area contributed by atoms with Crippen LogP contribution in [-0.2, 0) is 11.2 Å².